The lowest BCUT2D eigenvalue weighted by molar-refractivity contribution is -0.0748. The Hall–Kier alpha value is -0.120. The number of hydrogen-bond acceptors (Lipinski definition) is 3. The van der Waals surface area contributed by atoms with Crippen molar-refractivity contribution in [3.63, 3.8) is 0 Å². The summed E-state index contributed by atoms with van der Waals surface area (Å²) in [6.45, 7) is 8.65. The van der Waals surface area contributed by atoms with Crippen molar-refractivity contribution >= 4 is 0 Å². The van der Waals surface area contributed by atoms with Gasteiger partial charge >= 0.3 is 0 Å². The monoisotopic (exact) mass is 257 g/mol. The van der Waals surface area contributed by atoms with Crippen LogP contribution in [0.25, 0.3) is 0 Å². The number of likely N-dealkylation sites (N-methyl/N-ethyl adjacent to an activating group) is 1. The van der Waals surface area contributed by atoms with E-state index >= 15 is 0 Å². The highest BCUT2D eigenvalue weighted by Gasteiger charge is 2.31. The van der Waals surface area contributed by atoms with Crippen LogP contribution in [0, 0.1) is 0 Å². The van der Waals surface area contributed by atoms with Gasteiger partial charge in [0.05, 0.1) is 18.8 Å². The molecule has 0 saturated heterocycles. The van der Waals surface area contributed by atoms with Gasteiger partial charge in [-0.2, -0.15) is 0 Å². The van der Waals surface area contributed by atoms with Crippen molar-refractivity contribution in [2.45, 2.75) is 64.4 Å². The van der Waals surface area contributed by atoms with Crippen molar-refractivity contribution in [3.8, 4) is 0 Å². The molecule has 3 heteroatoms. The van der Waals surface area contributed by atoms with E-state index in [1.807, 2.05) is 0 Å². The summed E-state index contributed by atoms with van der Waals surface area (Å²) in [4.78, 5) is 0. The molecule has 3 nitrogen and oxygen atoms in total. The normalized spacial score (nSPS) is 19.7. The molecule has 108 valence electrons. The van der Waals surface area contributed by atoms with Gasteiger partial charge in [0.25, 0.3) is 0 Å². The van der Waals surface area contributed by atoms with Gasteiger partial charge in [-0.05, 0) is 25.8 Å². The molecule has 1 fully saturated rings. The first-order valence-corrected chi connectivity index (χ1v) is 7.75. The van der Waals surface area contributed by atoms with Crippen LogP contribution in [0.1, 0.15) is 58.8 Å². The molecule has 0 heterocycles. The third kappa shape index (κ3) is 6.17. The third-order valence-electron chi connectivity index (χ3n) is 3.70. The van der Waals surface area contributed by atoms with Crippen LogP contribution in [0.4, 0.5) is 0 Å². The Morgan fingerprint density at radius 2 is 1.67 bits per heavy atom. The minimum absolute atomic E-state index is 0.0715. The van der Waals surface area contributed by atoms with Gasteiger partial charge in [0.2, 0.25) is 0 Å². The van der Waals surface area contributed by atoms with Crippen LogP contribution in [0.5, 0.6) is 0 Å². The van der Waals surface area contributed by atoms with Crippen LogP contribution in [-0.4, -0.2) is 38.5 Å². The molecule has 0 bridgehead atoms. The number of ether oxygens (including phenoxy) is 2. The zero-order valence-electron chi connectivity index (χ0n) is 12.3. The van der Waals surface area contributed by atoms with Gasteiger partial charge < -0.3 is 14.8 Å². The molecule has 0 atom stereocenters. The molecule has 1 rings (SSSR count). The van der Waals surface area contributed by atoms with Crippen molar-refractivity contribution in [1.82, 2.24) is 5.32 Å². The molecule has 0 spiro atoms. The van der Waals surface area contributed by atoms with E-state index in [1.54, 1.807) is 0 Å². The van der Waals surface area contributed by atoms with Gasteiger partial charge in [-0.3, -0.25) is 0 Å². The predicted molar refractivity (Wildman–Crippen MR) is 76.0 cm³/mol. The molecule has 1 saturated carbocycles. The van der Waals surface area contributed by atoms with E-state index in [1.165, 1.54) is 38.5 Å². The Morgan fingerprint density at radius 1 is 0.944 bits per heavy atom. The van der Waals surface area contributed by atoms with Crippen molar-refractivity contribution in [3.05, 3.63) is 0 Å². The maximum absolute atomic E-state index is 6.21. The SMILES string of the molecule is CCCOCCOC1(CNCC)CCCCCC1. The van der Waals surface area contributed by atoms with Gasteiger partial charge in [0, 0.05) is 13.2 Å². The largest absolute Gasteiger partial charge is 0.379 e. The molecule has 0 aliphatic heterocycles. The third-order valence-corrected chi connectivity index (χ3v) is 3.70. The average molecular weight is 257 g/mol. The first-order chi connectivity index (χ1) is 8.83. The van der Waals surface area contributed by atoms with E-state index in [2.05, 4.69) is 19.2 Å². The van der Waals surface area contributed by atoms with Gasteiger partial charge in [-0.15, -0.1) is 0 Å². The van der Waals surface area contributed by atoms with Crippen LogP contribution in [0.3, 0.4) is 0 Å². The van der Waals surface area contributed by atoms with Crippen LogP contribution in [0.15, 0.2) is 0 Å². The Kier molecular flexibility index (Phi) is 8.64. The lowest BCUT2D eigenvalue weighted by atomic mass is 9.94. The zero-order valence-corrected chi connectivity index (χ0v) is 12.3. The Morgan fingerprint density at radius 3 is 2.28 bits per heavy atom. The lowest BCUT2D eigenvalue weighted by Crippen LogP contribution is -2.43. The van der Waals surface area contributed by atoms with E-state index in [9.17, 15) is 0 Å². The van der Waals surface area contributed by atoms with Crippen molar-refractivity contribution in [1.29, 1.82) is 0 Å². The molecule has 0 aromatic rings. The van der Waals surface area contributed by atoms with Gasteiger partial charge in [0.1, 0.15) is 0 Å². The second-order valence-corrected chi connectivity index (χ2v) is 5.34. The summed E-state index contributed by atoms with van der Waals surface area (Å²) in [5.74, 6) is 0. The van der Waals surface area contributed by atoms with Gasteiger partial charge in [-0.25, -0.2) is 0 Å². The van der Waals surface area contributed by atoms with E-state index < -0.39 is 0 Å². The van der Waals surface area contributed by atoms with Crippen LogP contribution in [-0.2, 0) is 9.47 Å². The quantitative estimate of drug-likeness (QED) is 0.508. The maximum Gasteiger partial charge on any atom is 0.0807 e. The molecule has 0 aromatic carbocycles. The Labute approximate surface area is 113 Å². The highest BCUT2D eigenvalue weighted by molar-refractivity contribution is 4.85. The first-order valence-electron chi connectivity index (χ1n) is 7.75. The summed E-state index contributed by atoms with van der Waals surface area (Å²) in [5, 5.41) is 3.47. The van der Waals surface area contributed by atoms with E-state index in [0.717, 1.165) is 39.3 Å². The summed E-state index contributed by atoms with van der Waals surface area (Å²) >= 11 is 0. The standard InChI is InChI=1S/C15H31NO2/c1-3-11-17-12-13-18-15(14-16-4-2)9-7-5-6-8-10-15/h16H,3-14H2,1-2H3. The molecule has 0 aromatic heterocycles. The molecule has 0 amide bonds. The second kappa shape index (κ2) is 9.76. The van der Waals surface area contributed by atoms with Crippen molar-refractivity contribution in [2.24, 2.45) is 0 Å². The Bertz CT molecular complexity index is 189. The topological polar surface area (TPSA) is 30.5 Å². The average Bonchev–Trinajstić information content (AvgIpc) is 2.62. The fourth-order valence-corrected chi connectivity index (χ4v) is 2.66. The van der Waals surface area contributed by atoms with E-state index in [0.29, 0.717) is 0 Å². The van der Waals surface area contributed by atoms with E-state index in [-0.39, 0.29) is 5.60 Å². The molecular formula is C15H31NO2. The van der Waals surface area contributed by atoms with Crippen molar-refractivity contribution in [2.75, 3.05) is 32.9 Å². The lowest BCUT2D eigenvalue weighted by Gasteiger charge is -2.33. The number of rotatable bonds is 9. The maximum atomic E-state index is 6.21. The fraction of sp³-hybridized carbons (Fsp3) is 1.00. The molecule has 0 unspecified atom stereocenters. The van der Waals surface area contributed by atoms with Crippen LogP contribution in [0.2, 0.25) is 0 Å². The second-order valence-electron chi connectivity index (χ2n) is 5.34. The molecule has 1 aliphatic rings. The molecule has 1 N–H and O–H groups in total. The summed E-state index contributed by atoms with van der Waals surface area (Å²) in [6, 6.07) is 0. The first kappa shape index (κ1) is 15.9. The molecule has 1 aliphatic carbocycles. The smallest absolute Gasteiger partial charge is 0.0807 e. The minimum atomic E-state index is 0.0715. The van der Waals surface area contributed by atoms with Gasteiger partial charge in [0.15, 0.2) is 0 Å². The van der Waals surface area contributed by atoms with Crippen LogP contribution < -0.4 is 5.32 Å². The molecule has 18 heavy (non-hydrogen) atoms. The summed E-state index contributed by atoms with van der Waals surface area (Å²) in [7, 11) is 0. The van der Waals surface area contributed by atoms with Gasteiger partial charge in [-0.1, -0.05) is 39.5 Å². The minimum Gasteiger partial charge on any atom is -0.379 e. The zero-order chi connectivity index (χ0) is 13.1. The van der Waals surface area contributed by atoms with Crippen LogP contribution >= 0.6 is 0 Å². The number of nitrogens with one attached hydrogen (secondary N) is 1. The highest BCUT2D eigenvalue weighted by atomic mass is 16.5. The Balaban J connectivity index is 2.33. The van der Waals surface area contributed by atoms with E-state index in [4.69, 9.17) is 9.47 Å². The summed E-state index contributed by atoms with van der Waals surface area (Å²) in [6.07, 6.45) is 8.83. The fourth-order valence-electron chi connectivity index (χ4n) is 2.66. The number of hydrogen-bond donors (Lipinski definition) is 1. The summed E-state index contributed by atoms with van der Waals surface area (Å²) < 4.78 is 11.7. The predicted octanol–water partition coefficient (Wildman–Crippen LogP) is 3.13. The highest BCUT2D eigenvalue weighted by Crippen LogP contribution is 2.30. The molecule has 0 radical (unpaired) electrons. The van der Waals surface area contributed by atoms with Crippen molar-refractivity contribution < 1.29 is 9.47 Å². The summed E-state index contributed by atoms with van der Waals surface area (Å²) in [5.41, 5.74) is 0.0715. The molecular weight excluding hydrogens is 226 g/mol.